The third-order valence-corrected chi connectivity index (χ3v) is 3.47. The van der Waals surface area contributed by atoms with Crippen molar-refractivity contribution in [3.63, 3.8) is 0 Å². The summed E-state index contributed by atoms with van der Waals surface area (Å²) in [6, 6.07) is 15.1. The minimum atomic E-state index is 0.672. The second kappa shape index (κ2) is 5.79. The predicted octanol–water partition coefficient (Wildman–Crippen LogP) is 3.60. The molecule has 21 heavy (non-hydrogen) atoms. The van der Waals surface area contributed by atoms with Crippen LogP contribution in [0.4, 0.5) is 5.69 Å². The van der Waals surface area contributed by atoms with Crippen molar-refractivity contribution in [2.45, 2.75) is 6.54 Å². The molecule has 0 aliphatic heterocycles. The van der Waals surface area contributed by atoms with Crippen molar-refractivity contribution < 1.29 is 9.47 Å². The summed E-state index contributed by atoms with van der Waals surface area (Å²) in [6.07, 6.45) is 1.82. The molecule has 0 unspecified atom stereocenters. The van der Waals surface area contributed by atoms with Gasteiger partial charge >= 0.3 is 0 Å². The van der Waals surface area contributed by atoms with Crippen LogP contribution in [0, 0.1) is 6.07 Å². The number of benzene rings is 2. The first-order valence-corrected chi connectivity index (χ1v) is 6.74. The monoisotopic (exact) mass is 281 g/mol. The van der Waals surface area contributed by atoms with Crippen LogP contribution in [0.5, 0.6) is 11.5 Å². The maximum atomic E-state index is 5.41. The van der Waals surface area contributed by atoms with Gasteiger partial charge in [0.05, 0.1) is 14.2 Å². The molecular weight excluding hydrogens is 264 g/mol. The van der Waals surface area contributed by atoms with Crippen LogP contribution in [0.2, 0.25) is 0 Å². The molecule has 2 aromatic carbocycles. The summed E-state index contributed by atoms with van der Waals surface area (Å²) in [5.74, 6) is 1.60. The van der Waals surface area contributed by atoms with Gasteiger partial charge in [-0.1, -0.05) is 6.07 Å². The molecular formula is C17H17N2O2. The summed E-state index contributed by atoms with van der Waals surface area (Å²) in [7, 11) is 3.31. The van der Waals surface area contributed by atoms with E-state index in [2.05, 4.69) is 16.4 Å². The number of hydrogen-bond donors (Lipinski definition) is 2. The summed E-state index contributed by atoms with van der Waals surface area (Å²) in [6.45, 7) is 0.672. The van der Waals surface area contributed by atoms with E-state index in [4.69, 9.17) is 9.47 Å². The average Bonchev–Trinajstić information content (AvgIpc) is 3.01. The molecule has 0 atom stereocenters. The number of hydrogen-bond acceptors (Lipinski definition) is 3. The Morgan fingerprint density at radius 1 is 1.14 bits per heavy atom. The van der Waals surface area contributed by atoms with Gasteiger partial charge in [-0.3, -0.25) is 0 Å². The van der Waals surface area contributed by atoms with Gasteiger partial charge in [-0.25, -0.2) is 0 Å². The lowest BCUT2D eigenvalue weighted by atomic mass is 10.1. The molecule has 0 fully saturated rings. The topological polar surface area (TPSA) is 46.3 Å². The van der Waals surface area contributed by atoms with Gasteiger partial charge in [0, 0.05) is 47.0 Å². The Morgan fingerprint density at radius 3 is 2.86 bits per heavy atom. The van der Waals surface area contributed by atoms with E-state index in [1.165, 1.54) is 0 Å². The van der Waals surface area contributed by atoms with Crippen LogP contribution >= 0.6 is 0 Å². The van der Waals surface area contributed by atoms with E-state index >= 15 is 0 Å². The highest BCUT2D eigenvalue weighted by Crippen LogP contribution is 2.27. The zero-order valence-electron chi connectivity index (χ0n) is 12.1. The van der Waals surface area contributed by atoms with Crippen LogP contribution in [-0.2, 0) is 6.54 Å². The quantitative estimate of drug-likeness (QED) is 0.751. The molecule has 0 amide bonds. The lowest BCUT2D eigenvalue weighted by Crippen LogP contribution is -2.02. The molecule has 3 rings (SSSR count). The Balaban J connectivity index is 1.83. The Hall–Kier alpha value is -2.62. The highest BCUT2D eigenvalue weighted by Gasteiger charge is 2.06. The van der Waals surface area contributed by atoms with Gasteiger partial charge in [-0.2, -0.15) is 0 Å². The molecule has 1 heterocycles. The number of fused-ring (bicyclic) bond motifs is 1. The maximum absolute atomic E-state index is 5.41. The molecule has 1 radical (unpaired) electrons. The largest absolute Gasteiger partial charge is 0.497 e. The summed E-state index contributed by atoms with van der Waals surface area (Å²) in [5.41, 5.74) is 3.19. The minimum Gasteiger partial charge on any atom is -0.497 e. The van der Waals surface area contributed by atoms with E-state index in [0.717, 1.165) is 33.7 Å². The molecule has 0 spiro atoms. The molecule has 4 heteroatoms. The van der Waals surface area contributed by atoms with Gasteiger partial charge in [0.25, 0.3) is 0 Å². The number of methoxy groups -OCH3 is 2. The van der Waals surface area contributed by atoms with Crippen LogP contribution in [0.1, 0.15) is 5.56 Å². The summed E-state index contributed by atoms with van der Waals surface area (Å²) in [4.78, 5) is 3.16. The maximum Gasteiger partial charge on any atom is 0.127 e. The molecule has 1 aromatic heterocycles. The van der Waals surface area contributed by atoms with Crippen molar-refractivity contribution in [2.75, 3.05) is 19.5 Å². The van der Waals surface area contributed by atoms with Crippen molar-refractivity contribution in [2.24, 2.45) is 0 Å². The first-order valence-electron chi connectivity index (χ1n) is 6.74. The van der Waals surface area contributed by atoms with Gasteiger partial charge in [0.15, 0.2) is 0 Å². The van der Waals surface area contributed by atoms with Crippen LogP contribution < -0.4 is 14.8 Å². The van der Waals surface area contributed by atoms with E-state index in [1.54, 1.807) is 14.2 Å². The molecule has 107 valence electrons. The SMILES string of the molecule is COc1ccc(CNc2cccc3[nH]c[c]c23)c(OC)c1. The fourth-order valence-corrected chi connectivity index (χ4v) is 2.35. The number of rotatable bonds is 5. The average molecular weight is 281 g/mol. The zero-order chi connectivity index (χ0) is 14.7. The minimum absolute atomic E-state index is 0.672. The number of aromatic nitrogens is 1. The normalized spacial score (nSPS) is 10.6. The van der Waals surface area contributed by atoms with Crippen molar-refractivity contribution in [1.82, 2.24) is 4.98 Å². The van der Waals surface area contributed by atoms with Gasteiger partial charge in [0.1, 0.15) is 11.5 Å². The predicted molar refractivity (Wildman–Crippen MR) is 84.0 cm³/mol. The van der Waals surface area contributed by atoms with Crippen molar-refractivity contribution in [3.05, 3.63) is 54.2 Å². The Bertz CT molecular complexity index is 749. The molecule has 0 aliphatic carbocycles. The fraction of sp³-hybridized carbons (Fsp3) is 0.176. The highest BCUT2D eigenvalue weighted by atomic mass is 16.5. The van der Waals surface area contributed by atoms with Crippen LogP contribution in [0.15, 0.2) is 42.6 Å². The second-order valence-corrected chi connectivity index (χ2v) is 4.69. The molecule has 0 aliphatic rings. The number of H-pyrrole nitrogens is 1. The summed E-state index contributed by atoms with van der Waals surface area (Å²) >= 11 is 0. The lowest BCUT2D eigenvalue weighted by molar-refractivity contribution is 0.391. The Morgan fingerprint density at radius 2 is 2.05 bits per heavy atom. The van der Waals surface area contributed by atoms with Crippen molar-refractivity contribution >= 4 is 16.6 Å². The number of ether oxygens (including phenoxy) is 2. The molecule has 0 saturated heterocycles. The Labute approximate surface area is 123 Å². The van der Waals surface area contributed by atoms with E-state index < -0.39 is 0 Å². The molecule has 3 aromatic rings. The third kappa shape index (κ3) is 2.65. The molecule has 4 nitrogen and oxygen atoms in total. The first-order chi connectivity index (χ1) is 10.3. The van der Waals surface area contributed by atoms with Gasteiger partial charge in [-0.15, -0.1) is 0 Å². The fourth-order valence-electron chi connectivity index (χ4n) is 2.35. The smallest absolute Gasteiger partial charge is 0.127 e. The zero-order valence-corrected chi connectivity index (χ0v) is 12.1. The van der Waals surface area contributed by atoms with E-state index in [1.807, 2.05) is 42.6 Å². The Kier molecular flexibility index (Phi) is 3.69. The van der Waals surface area contributed by atoms with Crippen LogP contribution in [-0.4, -0.2) is 19.2 Å². The van der Waals surface area contributed by atoms with E-state index in [0.29, 0.717) is 6.54 Å². The van der Waals surface area contributed by atoms with E-state index in [-0.39, 0.29) is 0 Å². The third-order valence-electron chi connectivity index (χ3n) is 3.47. The summed E-state index contributed by atoms with van der Waals surface area (Å²) in [5, 5.41) is 4.49. The van der Waals surface area contributed by atoms with Gasteiger partial charge in [0.2, 0.25) is 0 Å². The molecule has 0 saturated carbocycles. The first kappa shape index (κ1) is 13.4. The molecule has 2 N–H and O–H groups in total. The van der Waals surface area contributed by atoms with Gasteiger partial charge < -0.3 is 19.8 Å². The van der Waals surface area contributed by atoms with Crippen LogP contribution in [0.25, 0.3) is 10.9 Å². The number of nitrogens with one attached hydrogen (secondary N) is 2. The van der Waals surface area contributed by atoms with Crippen LogP contribution in [0.3, 0.4) is 0 Å². The standard InChI is InChI=1S/C17H17N2O2/c1-20-13-7-6-12(17(10-13)21-2)11-19-16-5-3-4-15-14(16)8-9-18-15/h3-7,9-10,18-19H,11H2,1-2H3. The molecule has 0 bridgehead atoms. The van der Waals surface area contributed by atoms with Crippen molar-refractivity contribution in [1.29, 1.82) is 0 Å². The highest BCUT2D eigenvalue weighted by molar-refractivity contribution is 5.91. The number of aromatic amines is 1. The number of anilines is 1. The van der Waals surface area contributed by atoms with Crippen molar-refractivity contribution in [3.8, 4) is 11.5 Å². The van der Waals surface area contributed by atoms with Gasteiger partial charge in [-0.05, 0) is 24.3 Å². The summed E-state index contributed by atoms with van der Waals surface area (Å²) < 4.78 is 10.6. The lowest BCUT2D eigenvalue weighted by Gasteiger charge is -2.12. The second-order valence-electron chi connectivity index (χ2n) is 4.69. The van der Waals surface area contributed by atoms with E-state index in [9.17, 15) is 0 Å².